The van der Waals surface area contributed by atoms with Crippen LogP contribution < -0.4 is 0 Å². The number of esters is 4. The van der Waals surface area contributed by atoms with E-state index in [1.54, 1.807) is 0 Å². The third kappa shape index (κ3) is 70.0. The average molecular weight is 1410 g/mol. The number of unbranched alkanes of at least 4 members (excludes halogenated alkanes) is 41. The molecular weight excluding hydrogens is 1260 g/mol. The summed E-state index contributed by atoms with van der Waals surface area (Å²) in [5, 5.41) is 10.6. The van der Waals surface area contributed by atoms with Gasteiger partial charge in [0.15, 0.2) is 12.2 Å². The van der Waals surface area contributed by atoms with Gasteiger partial charge in [0.25, 0.3) is 0 Å². The number of rotatable bonds is 74. The largest absolute Gasteiger partial charge is 0.472 e. The molecule has 17 nitrogen and oxygen atoms in total. The molecule has 3 N–H and O–H groups in total. The van der Waals surface area contributed by atoms with E-state index in [-0.39, 0.29) is 25.7 Å². The average Bonchev–Trinajstić information content (AvgIpc) is 2.19. The second kappa shape index (κ2) is 68.3. The van der Waals surface area contributed by atoms with E-state index in [0.29, 0.717) is 25.7 Å². The maximum Gasteiger partial charge on any atom is 0.472 e. The van der Waals surface area contributed by atoms with E-state index < -0.39 is 97.5 Å². The number of carbonyl (C=O) groups excluding carboxylic acids is 4. The van der Waals surface area contributed by atoms with E-state index in [1.807, 2.05) is 0 Å². The zero-order chi connectivity index (χ0) is 70.7. The molecule has 0 aromatic carbocycles. The number of allylic oxidation sites excluding steroid dienone is 4. The van der Waals surface area contributed by atoms with Gasteiger partial charge in [0.1, 0.15) is 19.3 Å². The van der Waals surface area contributed by atoms with Crippen LogP contribution in [0.2, 0.25) is 0 Å². The van der Waals surface area contributed by atoms with Crippen LogP contribution in [0.3, 0.4) is 0 Å². The summed E-state index contributed by atoms with van der Waals surface area (Å²) in [5.41, 5.74) is 0. The summed E-state index contributed by atoms with van der Waals surface area (Å²) >= 11 is 0. The van der Waals surface area contributed by atoms with Crippen molar-refractivity contribution in [3.63, 3.8) is 0 Å². The van der Waals surface area contributed by atoms with Crippen molar-refractivity contribution in [3.8, 4) is 0 Å². The van der Waals surface area contributed by atoms with E-state index in [9.17, 15) is 43.2 Å². The first kappa shape index (κ1) is 93.5. The molecule has 19 heteroatoms. The molecule has 0 amide bonds. The molecule has 0 radical (unpaired) electrons. The molecule has 0 aliphatic carbocycles. The van der Waals surface area contributed by atoms with Crippen LogP contribution in [0.15, 0.2) is 24.3 Å². The molecule has 0 rings (SSSR count). The quantitative estimate of drug-likeness (QED) is 0.0169. The smallest absolute Gasteiger partial charge is 0.462 e. The fraction of sp³-hybridized carbons (Fsp3) is 0.896. The van der Waals surface area contributed by atoms with Crippen LogP contribution >= 0.6 is 15.6 Å². The van der Waals surface area contributed by atoms with Crippen molar-refractivity contribution in [2.75, 3.05) is 39.6 Å². The monoisotopic (exact) mass is 1410 g/mol. The van der Waals surface area contributed by atoms with Gasteiger partial charge in [0, 0.05) is 25.7 Å². The number of aliphatic hydroxyl groups is 1. The normalized spacial score (nSPS) is 14.2. The van der Waals surface area contributed by atoms with E-state index in [2.05, 4.69) is 65.8 Å². The lowest BCUT2D eigenvalue weighted by atomic mass is 10.0. The predicted octanol–water partition coefficient (Wildman–Crippen LogP) is 22.3. The molecule has 0 saturated heterocycles. The number of hydrogen-bond acceptors (Lipinski definition) is 15. The Balaban J connectivity index is 5.29. The van der Waals surface area contributed by atoms with E-state index >= 15 is 0 Å². The summed E-state index contributed by atoms with van der Waals surface area (Å²) in [4.78, 5) is 72.8. The Morgan fingerprint density at radius 1 is 0.323 bits per heavy atom. The van der Waals surface area contributed by atoms with Gasteiger partial charge >= 0.3 is 39.5 Å². The summed E-state index contributed by atoms with van der Waals surface area (Å²) in [6, 6.07) is 0. The molecule has 0 saturated carbocycles. The fourth-order valence-corrected chi connectivity index (χ4v) is 12.9. The van der Waals surface area contributed by atoms with Crippen LogP contribution in [-0.4, -0.2) is 96.7 Å². The lowest BCUT2D eigenvalue weighted by Crippen LogP contribution is -2.30. The Hall–Kier alpha value is -2.46. The fourth-order valence-electron chi connectivity index (χ4n) is 11.3. The Morgan fingerprint density at radius 2 is 0.562 bits per heavy atom. The minimum absolute atomic E-state index is 0.101. The molecular formula is C77H146O17P2. The molecule has 96 heavy (non-hydrogen) atoms. The number of phosphoric ester groups is 2. The van der Waals surface area contributed by atoms with Crippen LogP contribution in [0.4, 0.5) is 0 Å². The van der Waals surface area contributed by atoms with Crippen molar-refractivity contribution in [1.82, 2.24) is 0 Å². The maximum atomic E-state index is 13.1. The van der Waals surface area contributed by atoms with Gasteiger partial charge in [-0.3, -0.25) is 37.3 Å². The Bertz CT molecular complexity index is 1950. The van der Waals surface area contributed by atoms with Crippen molar-refractivity contribution < 1.29 is 80.2 Å². The van der Waals surface area contributed by atoms with Gasteiger partial charge < -0.3 is 33.8 Å². The van der Waals surface area contributed by atoms with E-state index in [0.717, 1.165) is 121 Å². The molecule has 0 heterocycles. The summed E-state index contributed by atoms with van der Waals surface area (Å²) < 4.78 is 68.5. The van der Waals surface area contributed by atoms with Crippen molar-refractivity contribution in [1.29, 1.82) is 0 Å². The van der Waals surface area contributed by atoms with Gasteiger partial charge in [0.05, 0.1) is 26.4 Å². The zero-order valence-electron chi connectivity index (χ0n) is 62.2. The zero-order valence-corrected chi connectivity index (χ0v) is 63.9. The van der Waals surface area contributed by atoms with E-state index in [1.165, 1.54) is 173 Å². The second-order valence-corrected chi connectivity index (χ2v) is 30.9. The number of carbonyl (C=O) groups is 4. The summed E-state index contributed by atoms with van der Waals surface area (Å²) in [6.45, 7) is 9.53. The predicted molar refractivity (Wildman–Crippen MR) is 391 cm³/mol. The standard InChI is InChI=1S/C77H146O17P2/c1-7-9-11-13-15-17-19-21-22-26-30-36-42-48-54-60-75(80)88-65-72(93-76(81)61-55-49-43-37-31-27-24-23-25-28-33-39-45-51-57-69(3)4)67-91-95(83,84)89-63-71(78)64-90-96(85,86)92-68-73(94-77(82)62-56-50-44-38-32-34-40-46-52-58-70(5)6)66-87-74(79)59-53-47-41-35-29-20-18-16-14-12-10-8-2/h17,19,21-22,69-73,78H,7-16,18,20,23-68H2,1-6H3,(H,83,84)(H,85,86)/b19-17-,22-21-/t71-,72-,73-/m1/s1. The Kier molecular flexibility index (Phi) is 66.6. The SMILES string of the molecule is CCCCCC/C=C\C=C/CCCCCCCC(=O)OC[C@H](COP(=O)(O)OC[C@@H](O)COP(=O)(O)OC[C@@H](COC(=O)CCCCCCCCCCCCCC)OC(=O)CCCCCCCCCCCC(C)C)OC(=O)CCCCCCCCCCCCCCCCC(C)C. The van der Waals surface area contributed by atoms with Gasteiger partial charge in [-0.25, -0.2) is 9.13 Å². The molecule has 0 aromatic heterocycles. The first-order valence-corrected chi connectivity index (χ1v) is 42.3. The number of hydrogen-bond donors (Lipinski definition) is 3. The molecule has 0 aromatic rings. The molecule has 0 aliphatic heterocycles. The van der Waals surface area contributed by atoms with Gasteiger partial charge in [-0.05, 0) is 63.2 Å². The van der Waals surface area contributed by atoms with Gasteiger partial charge in [-0.15, -0.1) is 0 Å². The lowest BCUT2D eigenvalue weighted by Gasteiger charge is -2.21. The molecule has 566 valence electrons. The van der Waals surface area contributed by atoms with Crippen molar-refractivity contribution >= 4 is 39.5 Å². The first-order chi connectivity index (χ1) is 46.4. The Labute approximate surface area is 586 Å². The van der Waals surface area contributed by atoms with Crippen LogP contribution in [-0.2, 0) is 65.4 Å². The van der Waals surface area contributed by atoms with Crippen LogP contribution in [0.1, 0.15) is 375 Å². The summed E-state index contributed by atoms with van der Waals surface area (Å²) in [5.74, 6) is -0.616. The molecule has 0 bridgehead atoms. The highest BCUT2D eigenvalue weighted by Gasteiger charge is 2.30. The van der Waals surface area contributed by atoms with Crippen LogP contribution in [0.5, 0.6) is 0 Å². The molecule has 0 spiro atoms. The highest BCUT2D eigenvalue weighted by molar-refractivity contribution is 7.47. The molecule has 0 aliphatic rings. The van der Waals surface area contributed by atoms with Crippen molar-refractivity contribution in [2.24, 2.45) is 11.8 Å². The number of ether oxygens (including phenoxy) is 4. The van der Waals surface area contributed by atoms with Crippen molar-refractivity contribution in [2.45, 2.75) is 394 Å². The lowest BCUT2D eigenvalue weighted by molar-refractivity contribution is -0.161. The number of phosphoric acid groups is 2. The Morgan fingerprint density at radius 3 is 0.854 bits per heavy atom. The third-order valence-electron chi connectivity index (χ3n) is 17.3. The molecule has 2 unspecified atom stereocenters. The summed E-state index contributed by atoms with van der Waals surface area (Å²) in [7, 11) is -9.92. The van der Waals surface area contributed by atoms with Crippen LogP contribution in [0.25, 0.3) is 0 Å². The molecule has 5 atom stereocenters. The highest BCUT2D eigenvalue weighted by atomic mass is 31.2. The molecule has 0 fully saturated rings. The van der Waals surface area contributed by atoms with Crippen LogP contribution in [0, 0.1) is 11.8 Å². The second-order valence-electron chi connectivity index (χ2n) is 28.0. The van der Waals surface area contributed by atoms with E-state index in [4.69, 9.17) is 37.0 Å². The minimum atomic E-state index is -4.97. The minimum Gasteiger partial charge on any atom is -0.462 e. The summed E-state index contributed by atoms with van der Waals surface area (Å²) in [6.07, 6.45) is 59.0. The third-order valence-corrected chi connectivity index (χ3v) is 19.2. The van der Waals surface area contributed by atoms with Crippen molar-refractivity contribution in [3.05, 3.63) is 24.3 Å². The number of aliphatic hydroxyl groups excluding tert-OH is 1. The van der Waals surface area contributed by atoms with Gasteiger partial charge in [-0.2, -0.15) is 0 Å². The highest BCUT2D eigenvalue weighted by Crippen LogP contribution is 2.45. The topological polar surface area (TPSA) is 237 Å². The maximum absolute atomic E-state index is 13.1. The van der Waals surface area contributed by atoms with Gasteiger partial charge in [0.2, 0.25) is 0 Å². The van der Waals surface area contributed by atoms with Gasteiger partial charge in [-0.1, -0.05) is 323 Å². The first-order valence-electron chi connectivity index (χ1n) is 39.3.